The third-order valence-electron chi connectivity index (χ3n) is 6.56. The standard InChI is InChI=1S/C21H40N4O8/c22-8-12-2-1-3-17(30-12)33-20-14(24)6-11(25-21(29)19(28)15(27)9-23)7-16(20)32-18-5-4-13(10-26)31-18/h11-20,26-28H,1-10,22-24H2,(H,25,29)/t11?,12?,13?,14?,15?,16?,17-,18?,19?,20-/m1/s1. The Bertz CT molecular complexity index is 617. The smallest absolute Gasteiger partial charge is 0.251 e. The molecule has 0 radical (unpaired) electrons. The van der Waals surface area contributed by atoms with Crippen molar-refractivity contribution in [3.63, 3.8) is 0 Å². The van der Waals surface area contributed by atoms with Gasteiger partial charge in [-0.05, 0) is 38.5 Å². The number of amides is 1. The number of carbonyl (C=O) groups is 1. The third-order valence-corrected chi connectivity index (χ3v) is 6.56. The van der Waals surface area contributed by atoms with E-state index in [-0.39, 0.29) is 25.4 Å². The van der Waals surface area contributed by atoms with Crippen LogP contribution >= 0.6 is 0 Å². The molecule has 0 aromatic heterocycles. The summed E-state index contributed by atoms with van der Waals surface area (Å²) >= 11 is 0. The van der Waals surface area contributed by atoms with Gasteiger partial charge in [0.1, 0.15) is 12.2 Å². The highest BCUT2D eigenvalue weighted by Gasteiger charge is 2.43. The van der Waals surface area contributed by atoms with Crippen LogP contribution in [0.1, 0.15) is 44.9 Å². The van der Waals surface area contributed by atoms with Gasteiger partial charge in [-0.2, -0.15) is 0 Å². The molecule has 33 heavy (non-hydrogen) atoms. The van der Waals surface area contributed by atoms with Crippen LogP contribution in [0, 0.1) is 0 Å². The van der Waals surface area contributed by atoms with Gasteiger partial charge < -0.3 is 56.8 Å². The molecule has 10 atom stereocenters. The van der Waals surface area contributed by atoms with Gasteiger partial charge in [-0.3, -0.25) is 4.79 Å². The summed E-state index contributed by atoms with van der Waals surface area (Å²) in [6, 6.07) is -0.890. The molecule has 0 spiro atoms. The molecule has 0 bridgehead atoms. The van der Waals surface area contributed by atoms with Crippen molar-refractivity contribution in [2.45, 2.75) is 106 Å². The van der Waals surface area contributed by atoms with Crippen molar-refractivity contribution >= 4 is 5.91 Å². The fraction of sp³-hybridized carbons (Fsp3) is 0.952. The van der Waals surface area contributed by atoms with Gasteiger partial charge in [-0.1, -0.05) is 0 Å². The summed E-state index contributed by atoms with van der Waals surface area (Å²) in [6.45, 7) is 0.0943. The highest BCUT2D eigenvalue weighted by molar-refractivity contribution is 5.81. The first-order valence-electron chi connectivity index (χ1n) is 11.9. The average Bonchev–Trinajstić information content (AvgIpc) is 3.28. The van der Waals surface area contributed by atoms with Crippen molar-refractivity contribution < 1.29 is 39.1 Å². The number of aliphatic hydroxyl groups is 3. The maximum Gasteiger partial charge on any atom is 0.251 e. The summed E-state index contributed by atoms with van der Waals surface area (Å²) in [5.74, 6) is -0.720. The van der Waals surface area contributed by atoms with E-state index in [1.54, 1.807) is 0 Å². The van der Waals surface area contributed by atoms with Gasteiger partial charge in [0.15, 0.2) is 18.7 Å². The Labute approximate surface area is 194 Å². The summed E-state index contributed by atoms with van der Waals surface area (Å²) in [5, 5.41) is 31.7. The van der Waals surface area contributed by atoms with E-state index in [0.29, 0.717) is 32.2 Å². The molecule has 3 aliphatic rings. The minimum Gasteiger partial charge on any atom is -0.394 e. The first-order chi connectivity index (χ1) is 15.8. The van der Waals surface area contributed by atoms with Crippen LogP contribution in [-0.4, -0.2) is 102 Å². The van der Waals surface area contributed by atoms with Crippen LogP contribution < -0.4 is 22.5 Å². The molecule has 8 unspecified atom stereocenters. The summed E-state index contributed by atoms with van der Waals surface area (Å²) in [6.07, 6.45) is -0.708. The van der Waals surface area contributed by atoms with E-state index in [1.165, 1.54) is 0 Å². The zero-order valence-corrected chi connectivity index (χ0v) is 19.0. The first kappa shape index (κ1) is 26.7. The van der Waals surface area contributed by atoms with E-state index < -0.39 is 55.0 Å². The molecule has 0 aromatic carbocycles. The quantitative estimate of drug-likeness (QED) is 0.174. The largest absolute Gasteiger partial charge is 0.394 e. The molecule has 1 aliphatic carbocycles. The van der Waals surface area contributed by atoms with Crippen LogP contribution in [0.15, 0.2) is 0 Å². The minimum atomic E-state index is -1.63. The fourth-order valence-corrected chi connectivity index (χ4v) is 4.69. The Kier molecular flexibility index (Phi) is 10.2. The van der Waals surface area contributed by atoms with Crippen LogP contribution in [0.2, 0.25) is 0 Å². The Hall–Kier alpha value is -0.930. The lowest BCUT2D eigenvalue weighted by Gasteiger charge is -2.43. The molecule has 192 valence electrons. The topological polar surface area (TPSA) is 205 Å². The Balaban J connectivity index is 1.66. The molecule has 12 heteroatoms. The second-order valence-corrected chi connectivity index (χ2v) is 9.17. The molecule has 12 nitrogen and oxygen atoms in total. The highest BCUT2D eigenvalue weighted by atomic mass is 16.7. The third kappa shape index (κ3) is 7.28. The van der Waals surface area contributed by atoms with Gasteiger partial charge in [0.05, 0.1) is 24.9 Å². The lowest BCUT2D eigenvalue weighted by molar-refractivity contribution is -0.262. The van der Waals surface area contributed by atoms with Crippen molar-refractivity contribution in [3.05, 3.63) is 0 Å². The van der Waals surface area contributed by atoms with E-state index >= 15 is 0 Å². The molecule has 2 heterocycles. The van der Waals surface area contributed by atoms with E-state index in [9.17, 15) is 20.1 Å². The predicted molar refractivity (Wildman–Crippen MR) is 117 cm³/mol. The number of carbonyl (C=O) groups excluding carboxylic acids is 1. The van der Waals surface area contributed by atoms with Gasteiger partial charge in [-0.25, -0.2) is 0 Å². The Morgan fingerprint density at radius 2 is 1.76 bits per heavy atom. The van der Waals surface area contributed by atoms with Crippen molar-refractivity contribution in [3.8, 4) is 0 Å². The Morgan fingerprint density at radius 3 is 2.42 bits per heavy atom. The summed E-state index contributed by atoms with van der Waals surface area (Å²) < 4.78 is 24.1. The number of nitrogens with two attached hydrogens (primary N) is 3. The molecule has 10 N–H and O–H groups in total. The molecule has 3 rings (SSSR count). The highest BCUT2D eigenvalue weighted by Crippen LogP contribution is 2.31. The number of hydrogen-bond donors (Lipinski definition) is 7. The predicted octanol–water partition coefficient (Wildman–Crippen LogP) is -2.61. The normalized spacial score (nSPS) is 39.2. The van der Waals surface area contributed by atoms with Gasteiger partial charge in [0.25, 0.3) is 5.91 Å². The van der Waals surface area contributed by atoms with Gasteiger partial charge in [-0.15, -0.1) is 0 Å². The number of aliphatic hydroxyl groups excluding tert-OH is 3. The minimum absolute atomic E-state index is 0.0612. The second kappa shape index (κ2) is 12.7. The fourth-order valence-electron chi connectivity index (χ4n) is 4.69. The molecule has 2 aliphatic heterocycles. The molecule has 1 saturated carbocycles. The monoisotopic (exact) mass is 476 g/mol. The second-order valence-electron chi connectivity index (χ2n) is 9.17. The van der Waals surface area contributed by atoms with Gasteiger partial charge in [0, 0.05) is 31.6 Å². The molecule has 0 aromatic rings. The maximum atomic E-state index is 12.3. The van der Waals surface area contributed by atoms with Crippen LogP contribution in [0.4, 0.5) is 0 Å². The molecule has 3 fully saturated rings. The van der Waals surface area contributed by atoms with Crippen LogP contribution in [-0.2, 0) is 23.7 Å². The van der Waals surface area contributed by atoms with Crippen molar-refractivity contribution in [1.82, 2.24) is 5.32 Å². The van der Waals surface area contributed by atoms with Gasteiger partial charge >= 0.3 is 0 Å². The summed E-state index contributed by atoms with van der Waals surface area (Å²) in [7, 11) is 0. The van der Waals surface area contributed by atoms with E-state index in [0.717, 1.165) is 19.3 Å². The SMILES string of the molecule is NCC1CCC[C@@H](O[C@@H]2C(N)CC(NC(=O)C(O)C(O)CN)CC2OC2CCC(CO)O2)O1. The molecular weight excluding hydrogens is 436 g/mol. The van der Waals surface area contributed by atoms with Crippen LogP contribution in [0.25, 0.3) is 0 Å². The first-order valence-corrected chi connectivity index (χ1v) is 11.9. The van der Waals surface area contributed by atoms with Gasteiger partial charge in [0.2, 0.25) is 0 Å². The number of rotatable bonds is 10. The lowest BCUT2D eigenvalue weighted by atomic mass is 9.86. The van der Waals surface area contributed by atoms with Crippen molar-refractivity contribution in [2.24, 2.45) is 17.2 Å². The van der Waals surface area contributed by atoms with Crippen molar-refractivity contribution in [2.75, 3.05) is 19.7 Å². The number of hydrogen-bond acceptors (Lipinski definition) is 11. The van der Waals surface area contributed by atoms with E-state index in [1.807, 2.05) is 0 Å². The molecule has 2 saturated heterocycles. The Morgan fingerprint density at radius 1 is 1.03 bits per heavy atom. The zero-order valence-electron chi connectivity index (χ0n) is 19.0. The molecular formula is C21H40N4O8. The summed E-state index contributed by atoms with van der Waals surface area (Å²) in [4.78, 5) is 12.3. The summed E-state index contributed by atoms with van der Waals surface area (Å²) in [5.41, 5.74) is 17.5. The zero-order chi connectivity index (χ0) is 24.0. The van der Waals surface area contributed by atoms with Crippen LogP contribution in [0.3, 0.4) is 0 Å². The number of ether oxygens (including phenoxy) is 4. The average molecular weight is 477 g/mol. The molecule has 1 amide bonds. The maximum absolute atomic E-state index is 12.3. The van der Waals surface area contributed by atoms with E-state index in [2.05, 4.69) is 5.32 Å². The van der Waals surface area contributed by atoms with E-state index in [4.69, 9.17) is 36.1 Å². The van der Waals surface area contributed by atoms with Crippen LogP contribution in [0.5, 0.6) is 0 Å². The van der Waals surface area contributed by atoms with Crippen molar-refractivity contribution in [1.29, 1.82) is 0 Å². The lowest BCUT2D eigenvalue weighted by Crippen LogP contribution is -2.59. The number of nitrogens with one attached hydrogen (secondary N) is 1.